The van der Waals surface area contributed by atoms with E-state index in [2.05, 4.69) is 4.98 Å². The Kier molecular flexibility index (Phi) is 7.09. The first kappa shape index (κ1) is 23.8. The Morgan fingerprint density at radius 2 is 1.97 bits per heavy atom. The number of amides is 1. The second kappa shape index (κ2) is 10.7. The van der Waals surface area contributed by atoms with Gasteiger partial charge in [-0.05, 0) is 48.4 Å². The molecule has 7 nitrogen and oxygen atoms in total. The maximum absolute atomic E-state index is 13.8. The second-order valence-electron chi connectivity index (χ2n) is 9.17. The first-order valence-electron chi connectivity index (χ1n) is 12.2. The molecular weight excluding hydrogens is 454 g/mol. The van der Waals surface area contributed by atoms with Gasteiger partial charge in [-0.1, -0.05) is 30.3 Å². The molecule has 0 saturated carbocycles. The maximum atomic E-state index is 13.8. The third-order valence-electron chi connectivity index (χ3n) is 6.47. The molecule has 1 saturated heterocycles. The van der Waals surface area contributed by atoms with Crippen LogP contribution in [0.3, 0.4) is 0 Å². The van der Waals surface area contributed by atoms with E-state index in [-0.39, 0.29) is 23.4 Å². The highest BCUT2D eigenvalue weighted by molar-refractivity contribution is 5.97. The number of aromatic nitrogens is 2. The van der Waals surface area contributed by atoms with Crippen molar-refractivity contribution in [3.05, 3.63) is 106 Å². The van der Waals surface area contributed by atoms with Gasteiger partial charge in [0.2, 0.25) is 5.43 Å². The quantitative estimate of drug-likeness (QED) is 0.376. The minimum atomic E-state index is -0.332. The molecule has 1 fully saturated rings. The number of benzene rings is 2. The van der Waals surface area contributed by atoms with Crippen LogP contribution in [0.2, 0.25) is 0 Å². The van der Waals surface area contributed by atoms with Crippen molar-refractivity contribution in [2.24, 2.45) is 13.0 Å². The molecule has 1 amide bonds. The van der Waals surface area contributed by atoms with Crippen molar-refractivity contribution in [3.63, 3.8) is 0 Å². The molecule has 0 bridgehead atoms. The maximum Gasteiger partial charge on any atom is 0.260 e. The molecule has 3 heterocycles. The summed E-state index contributed by atoms with van der Waals surface area (Å²) in [5.74, 6) is 0.827. The summed E-state index contributed by atoms with van der Waals surface area (Å²) < 4.78 is 13.3. The first-order valence-corrected chi connectivity index (χ1v) is 12.2. The predicted octanol–water partition coefficient (Wildman–Crippen LogP) is 4.19. The number of carbonyl (C=O) groups is 1. The van der Waals surface area contributed by atoms with Crippen LogP contribution >= 0.6 is 0 Å². The van der Waals surface area contributed by atoms with Crippen LogP contribution in [0, 0.1) is 5.92 Å². The average molecular weight is 484 g/mol. The number of aryl methyl sites for hydroxylation is 1. The van der Waals surface area contributed by atoms with Gasteiger partial charge >= 0.3 is 0 Å². The van der Waals surface area contributed by atoms with Crippen LogP contribution in [0.5, 0.6) is 5.75 Å². The fourth-order valence-corrected chi connectivity index (χ4v) is 4.53. The summed E-state index contributed by atoms with van der Waals surface area (Å²) in [6.45, 7) is 2.71. The van der Waals surface area contributed by atoms with Gasteiger partial charge in [0.1, 0.15) is 11.3 Å². The Labute approximate surface area is 209 Å². The molecule has 0 aliphatic carbocycles. The average Bonchev–Trinajstić information content (AvgIpc) is 3.44. The van der Waals surface area contributed by atoms with E-state index in [0.717, 1.165) is 42.2 Å². The Morgan fingerprint density at radius 1 is 1.11 bits per heavy atom. The lowest BCUT2D eigenvalue weighted by molar-refractivity contribution is 0.0725. The third kappa shape index (κ3) is 5.31. The number of rotatable bonds is 8. The highest BCUT2D eigenvalue weighted by atomic mass is 16.5. The summed E-state index contributed by atoms with van der Waals surface area (Å²) in [6, 6.07) is 20.7. The van der Waals surface area contributed by atoms with E-state index in [9.17, 15) is 9.59 Å². The molecule has 5 rings (SSSR count). The SMILES string of the molecule is Cn1cc(C(=O)N(Cc2cccc(OC[C@@H]3CCOC3)c2)Cc2ccccn2)c(=O)c2ccccc21. The van der Waals surface area contributed by atoms with Crippen molar-refractivity contribution in [1.82, 2.24) is 14.5 Å². The highest BCUT2D eigenvalue weighted by Crippen LogP contribution is 2.20. The van der Waals surface area contributed by atoms with Crippen molar-refractivity contribution in [2.45, 2.75) is 19.5 Å². The van der Waals surface area contributed by atoms with Crippen LogP contribution in [0.4, 0.5) is 0 Å². The molecule has 1 atom stereocenters. The predicted molar refractivity (Wildman–Crippen MR) is 138 cm³/mol. The number of fused-ring (bicyclic) bond motifs is 1. The minimum Gasteiger partial charge on any atom is -0.493 e. The fourth-order valence-electron chi connectivity index (χ4n) is 4.53. The molecular formula is C29H29N3O4. The minimum absolute atomic E-state index is 0.140. The van der Waals surface area contributed by atoms with E-state index in [4.69, 9.17) is 9.47 Å². The van der Waals surface area contributed by atoms with Crippen molar-refractivity contribution < 1.29 is 14.3 Å². The van der Waals surface area contributed by atoms with Gasteiger partial charge in [-0.25, -0.2) is 0 Å². The number of nitrogens with zero attached hydrogens (tertiary/aromatic N) is 3. The van der Waals surface area contributed by atoms with Crippen molar-refractivity contribution in [2.75, 3.05) is 19.8 Å². The molecule has 0 N–H and O–H groups in total. The molecule has 7 heteroatoms. The number of ether oxygens (including phenoxy) is 2. The summed E-state index contributed by atoms with van der Waals surface area (Å²) in [5, 5.41) is 0.523. The van der Waals surface area contributed by atoms with Crippen molar-refractivity contribution in [1.29, 1.82) is 0 Å². The summed E-state index contributed by atoms with van der Waals surface area (Å²) >= 11 is 0. The van der Waals surface area contributed by atoms with Gasteiger partial charge in [-0.2, -0.15) is 0 Å². The lowest BCUT2D eigenvalue weighted by Crippen LogP contribution is -2.34. The lowest BCUT2D eigenvalue weighted by atomic mass is 10.1. The van der Waals surface area contributed by atoms with Gasteiger partial charge in [0, 0.05) is 43.9 Å². The van der Waals surface area contributed by atoms with E-state index < -0.39 is 0 Å². The lowest BCUT2D eigenvalue weighted by Gasteiger charge is -2.23. The smallest absolute Gasteiger partial charge is 0.260 e. The van der Waals surface area contributed by atoms with Gasteiger partial charge in [0.05, 0.1) is 31.0 Å². The van der Waals surface area contributed by atoms with Crippen LogP contribution in [0.15, 0.2) is 83.9 Å². The van der Waals surface area contributed by atoms with Gasteiger partial charge in [0.15, 0.2) is 0 Å². The molecule has 1 aliphatic rings. The van der Waals surface area contributed by atoms with Crippen LogP contribution in [-0.2, 0) is 24.9 Å². The summed E-state index contributed by atoms with van der Waals surface area (Å²) in [7, 11) is 1.85. The molecule has 184 valence electrons. The summed E-state index contributed by atoms with van der Waals surface area (Å²) in [4.78, 5) is 33.2. The van der Waals surface area contributed by atoms with E-state index in [1.54, 1.807) is 23.4 Å². The molecule has 36 heavy (non-hydrogen) atoms. The standard InChI is InChI=1S/C29H29N3O4/c1-31-18-26(28(33)25-10-2-3-11-27(25)31)29(34)32(17-23-8-4-5-13-30-23)16-21-7-6-9-24(15-21)36-20-22-12-14-35-19-22/h2-11,13,15,18,22H,12,14,16-17,19-20H2,1H3/t22-/m1/s1. The van der Waals surface area contributed by atoms with Crippen molar-refractivity contribution in [3.8, 4) is 5.75 Å². The Bertz CT molecular complexity index is 1410. The monoisotopic (exact) mass is 483 g/mol. The zero-order valence-corrected chi connectivity index (χ0v) is 20.3. The number of hydrogen-bond donors (Lipinski definition) is 0. The van der Waals surface area contributed by atoms with Crippen LogP contribution in [-0.4, -0.2) is 40.2 Å². The third-order valence-corrected chi connectivity index (χ3v) is 6.47. The first-order chi connectivity index (χ1) is 17.6. The van der Waals surface area contributed by atoms with E-state index >= 15 is 0 Å². The Morgan fingerprint density at radius 3 is 2.78 bits per heavy atom. The van der Waals surface area contributed by atoms with Gasteiger partial charge in [-0.15, -0.1) is 0 Å². The highest BCUT2D eigenvalue weighted by Gasteiger charge is 2.22. The molecule has 0 radical (unpaired) electrons. The fraction of sp³-hybridized carbons (Fsp3) is 0.276. The normalized spacial score (nSPS) is 15.2. The number of para-hydroxylation sites is 1. The van der Waals surface area contributed by atoms with Gasteiger partial charge in [0.25, 0.3) is 5.91 Å². The number of carbonyl (C=O) groups excluding carboxylic acids is 1. The number of pyridine rings is 2. The Balaban J connectivity index is 1.43. The van der Waals surface area contributed by atoms with E-state index in [0.29, 0.717) is 24.5 Å². The van der Waals surface area contributed by atoms with Crippen LogP contribution in [0.25, 0.3) is 10.9 Å². The van der Waals surface area contributed by atoms with Crippen LogP contribution < -0.4 is 10.2 Å². The van der Waals surface area contributed by atoms with Gasteiger partial charge < -0.3 is 18.9 Å². The van der Waals surface area contributed by atoms with Crippen molar-refractivity contribution >= 4 is 16.8 Å². The zero-order valence-electron chi connectivity index (χ0n) is 20.3. The molecule has 4 aromatic rings. The summed E-state index contributed by atoms with van der Waals surface area (Å²) in [5.41, 5.74) is 2.32. The largest absolute Gasteiger partial charge is 0.493 e. The topological polar surface area (TPSA) is 73.7 Å². The Hall–Kier alpha value is -3.97. The van der Waals surface area contributed by atoms with E-state index in [1.165, 1.54) is 0 Å². The molecule has 0 unspecified atom stereocenters. The zero-order chi connectivity index (χ0) is 24.9. The second-order valence-corrected chi connectivity index (χ2v) is 9.17. The van der Waals surface area contributed by atoms with Crippen LogP contribution in [0.1, 0.15) is 28.0 Å². The van der Waals surface area contributed by atoms with Gasteiger partial charge in [-0.3, -0.25) is 14.6 Å². The number of hydrogen-bond acceptors (Lipinski definition) is 5. The molecule has 2 aromatic carbocycles. The summed E-state index contributed by atoms with van der Waals surface area (Å²) in [6.07, 6.45) is 4.34. The molecule has 1 aliphatic heterocycles. The molecule has 2 aromatic heterocycles. The molecule has 0 spiro atoms. The van der Waals surface area contributed by atoms with E-state index in [1.807, 2.05) is 72.3 Å².